The van der Waals surface area contributed by atoms with Crippen LogP contribution in [0.5, 0.6) is 0 Å². The maximum absolute atomic E-state index is 13.1. The molecule has 1 aliphatic rings. The molecule has 0 aliphatic carbocycles. The van der Waals surface area contributed by atoms with Gasteiger partial charge in [0.05, 0.1) is 17.7 Å². The van der Waals surface area contributed by atoms with Crippen LogP contribution in [0, 0.1) is 5.82 Å². The molecule has 0 radical (unpaired) electrons. The highest BCUT2D eigenvalue weighted by Crippen LogP contribution is 2.28. The Morgan fingerprint density at radius 3 is 2.88 bits per heavy atom. The monoisotopic (exact) mass is 255 g/mol. The molecule has 17 heavy (non-hydrogen) atoms. The van der Waals surface area contributed by atoms with Crippen molar-refractivity contribution in [2.45, 2.75) is 18.9 Å². The Labute approximate surface area is 105 Å². The normalized spacial score (nSPS) is 17.2. The molecule has 0 fully saturated rings. The Bertz CT molecular complexity index is 433. The zero-order valence-electron chi connectivity index (χ0n) is 9.67. The maximum atomic E-state index is 13.1. The molecule has 1 atom stereocenters. The summed E-state index contributed by atoms with van der Waals surface area (Å²) in [5.74, 6) is 0.491. The number of hydrogen-bond donors (Lipinski definition) is 1. The standard InChI is InChI=1S/C13H15ClFNO/c1-16-13(12-4-2-3-7-17-12)9-5-6-11(15)10(14)8-9/h4-6,8,13,16H,2-3,7H2,1H3. The van der Waals surface area contributed by atoms with Gasteiger partial charge in [0.2, 0.25) is 0 Å². The minimum Gasteiger partial charge on any atom is -0.496 e. The lowest BCUT2D eigenvalue weighted by Crippen LogP contribution is -2.22. The van der Waals surface area contributed by atoms with Crippen molar-refractivity contribution in [3.63, 3.8) is 0 Å². The number of ether oxygens (including phenoxy) is 1. The van der Waals surface area contributed by atoms with Crippen molar-refractivity contribution >= 4 is 11.6 Å². The van der Waals surface area contributed by atoms with E-state index in [2.05, 4.69) is 11.4 Å². The van der Waals surface area contributed by atoms with Crippen LogP contribution in [-0.2, 0) is 4.74 Å². The average molecular weight is 256 g/mol. The molecule has 1 unspecified atom stereocenters. The molecule has 2 nitrogen and oxygen atoms in total. The summed E-state index contributed by atoms with van der Waals surface area (Å²) < 4.78 is 18.7. The van der Waals surface area contributed by atoms with Gasteiger partial charge in [0.1, 0.15) is 11.6 Å². The molecule has 0 saturated heterocycles. The second-order valence-corrected chi connectivity index (χ2v) is 4.40. The van der Waals surface area contributed by atoms with Gasteiger partial charge in [-0.05, 0) is 43.7 Å². The van der Waals surface area contributed by atoms with E-state index < -0.39 is 5.82 Å². The van der Waals surface area contributed by atoms with Gasteiger partial charge in [-0.2, -0.15) is 0 Å². The molecule has 0 bridgehead atoms. The molecule has 0 saturated carbocycles. The van der Waals surface area contributed by atoms with Gasteiger partial charge in [-0.15, -0.1) is 0 Å². The zero-order valence-corrected chi connectivity index (χ0v) is 10.4. The van der Waals surface area contributed by atoms with Crippen LogP contribution in [0.3, 0.4) is 0 Å². The first-order valence-corrected chi connectivity index (χ1v) is 6.05. The van der Waals surface area contributed by atoms with E-state index in [9.17, 15) is 4.39 Å². The summed E-state index contributed by atoms with van der Waals surface area (Å²) in [6.07, 6.45) is 4.13. The van der Waals surface area contributed by atoms with Gasteiger partial charge in [-0.1, -0.05) is 17.7 Å². The van der Waals surface area contributed by atoms with E-state index >= 15 is 0 Å². The fraction of sp³-hybridized carbons (Fsp3) is 0.385. The van der Waals surface area contributed by atoms with E-state index in [1.54, 1.807) is 12.1 Å². The first-order chi connectivity index (χ1) is 8.22. The van der Waals surface area contributed by atoms with E-state index in [0.717, 1.165) is 30.8 Å². The lowest BCUT2D eigenvalue weighted by molar-refractivity contribution is 0.169. The van der Waals surface area contributed by atoms with E-state index in [0.29, 0.717) is 0 Å². The van der Waals surface area contributed by atoms with Crippen LogP contribution >= 0.6 is 11.6 Å². The van der Waals surface area contributed by atoms with Crippen molar-refractivity contribution in [3.05, 3.63) is 46.4 Å². The molecule has 1 aromatic rings. The molecule has 1 heterocycles. The minimum atomic E-state index is -0.399. The minimum absolute atomic E-state index is 0.0617. The molecule has 2 rings (SSSR count). The van der Waals surface area contributed by atoms with E-state index in [4.69, 9.17) is 16.3 Å². The molecule has 0 aromatic heterocycles. The molecule has 4 heteroatoms. The van der Waals surface area contributed by atoms with Crippen LogP contribution in [0.25, 0.3) is 0 Å². The average Bonchev–Trinajstić information content (AvgIpc) is 2.36. The Kier molecular flexibility index (Phi) is 4.02. The Hall–Kier alpha value is -1.06. The molecular formula is C13H15ClFNO. The second kappa shape index (κ2) is 5.52. The van der Waals surface area contributed by atoms with E-state index in [1.807, 2.05) is 7.05 Å². The lowest BCUT2D eigenvalue weighted by atomic mass is 10.0. The lowest BCUT2D eigenvalue weighted by Gasteiger charge is -2.24. The summed E-state index contributed by atoms with van der Waals surface area (Å²) >= 11 is 5.79. The van der Waals surface area contributed by atoms with Crippen LogP contribution in [0.1, 0.15) is 24.4 Å². The smallest absolute Gasteiger partial charge is 0.141 e. The largest absolute Gasteiger partial charge is 0.496 e. The predicted molar refractivity (Wildman–Crippen MR) is 66.5 cm³/mol. The van der Waals surface area contributed by atoms with E-state index in [-0.39, 0.29) is 11.1 Å². The number of nitrogens with one attached hydrogen (secondary N) is 1. The summed E-state index contributed by atoms with van der Waals surface area (Å²) in [5.41, 5.74) is 0.909. The molecule has 0 spiro atoms. The third-order valence-corrected chi connectivity index (χ3v) is 3.10. The van der Waals surface area contributed by atoms with Crippen LogP contribution < -0.4 is 5.32 Å². The molecule has 0 amide bonds. The van der Waals surface area contributed by atoms with Crippen molar-refractivity contribution in [3.8, 4) is 0 Å². The van der Waals surface area contributed by atoms with Crippen LogP contribution in [0.15, 0.2) is 30.0 Å². The molecule has 1 aromatic carbocycles. The van der Waals surface area contributed by atoms with Gasteiger partial charge in [0, 0.05) is 0 Å². The van der Waals surface area contributed by atoms with Gasteiger partial charge in [-0.25, -0.2) is 4.39 Å². The summed E-state index contributed by atoms with van der Waals surface area (Å²) in [6.45, 7) is 0.735. The van der Waals surface area contributed by atoms with Gasteiger partial charge in [0.25, 0.3) is 0 Å². The highest BCUT2D eigenvalue weighted by molar-refractivity contribution is 6.30. The van der Waals surface area contributed by atoms with Crippen LogP contribution in [-0.4, -0.2) is 13.7 Å². The number of allylic oxidation sites excluding steroid dienone is 1. The molecule has 92 valence electrons. The number of halogens is 2. The fourth-order valence-electron chi connectivity index (χ4n) is 1.94. The van der Waals surface area contributed by atoms with Crippen LogP contribution in [0.4, 0.5) is 4.39 Å². The van der Waals surface area contributed by atoms with Crippen molar-refractivity contribution < 1.29 is 9.13 Å². The van der Waals surface area contributed by atoms with Gasteiger partial charge in [-0.3, -0.25) is 0 Å². The topological polar surface area (TPSA) is 21.3 Å². The summed E-state index contributed by atoms with van der Waals surface area (Å²) in [4.78, 5) is 0. The zero-order chi connectivity index (χ0) is 12.3. The summed E-state index contributed by atoms with van der Waals surface area (Å²) in [7, 11) is 1.85. The predicted octanol–water partition coefficient (Wildman–Crippen LogP) is 3.43. The second-order valence-electron chi connectivity index (χ2n) is 3.99. The van der Waals surface area contributed by atoms with Gasteiger partial charge < -0.3 is 10.1 Å². The summed E-state index contributed by atoms with van der Waals surface area (Å²) in [6, 6.07) is 4.68. The van der Waals surface area contributed by atoms with Crippen molar-refractivity contribution in [2.24, 2.45) is 0 Å². The first-order valence-electron chi connectivity index (χ1n) is 5.67. The fourth-order valence-corrected chi connectivity index (χ4v) is 2.13. The number of likely N-dealkylation sites (N-methyl/N-ethyl adjacent to an activating group) is 1. The Morgan fingerprint density at radius 1 is 1.47 bits per heavy atom. The van der Waals surface area contributed by atoms with Gasteiger partial charge >= 0.3 is 0 Å². The van der Waals surface area contributed by atoms with E-state index in [1.165, 1.54) is 6.07 Å². The Morgan fingerprint density at radius 2 is 2.29 bits per heavy atom. The SMILES string of the molecule is CNC(C1=CCCCO1)c1ccc(F)c(Cl)c1. The maximum Gasteiger partial charge on any atom is 0.141 e. The van der Waals surface area contributed by atoms with Crippen molar-refractivity contribution in [1.29, 1.82) is 0 Å². The number of hydrogen-bond acceptors (Lipinski definition) is 2. The third kappa shape index (κ3) is 2.79. The molecule has 1 aliphatic heterocycles. The first kappa shape index (κ1) is 12.4. The quantitative estimate of drug-likeness (QED) is 0.894. The molecular weight excluding hydrogens is 241 g/mol. The van der Waals surface area contributed by atoms with Crippen molar-refractivity contribution in [2.75, 3.05) is 13.7 Å². The van der Waals surface area contributed by atoms with Crippen molar-refractivity contribution in [1.82, 2.24) is 5.32 Å². The van der Waals surface area contributed by atoms with Crippen LogP contribution in [0.2, 0.25) is 5.02 Å². The highest BCUT2D eigenvalue weighted by Gasteiger charge is 2.19. The molecule has 1 N–H and O–H groups in total. The summed E-state index contributed by atoms with van der Waals surface area (Å²) in [5, 5.41) is 3.30. The third-order valence-electron chi connectivity index (χ3n) is 2.81. The Balaban J connectivity index is 2.28. The van der Waals surface area contributed by atoms with Gasteiger partial charge in [0.15, 0.2) is 0 Å². The highest BCUT2D eigenvalue weighted by atomic mass is 35.5. The number of benzene rings is 1. The number of rotatable bonds is 3.